The molecule has 140 valence electrons. The van der Waals surface area contributed by atoms with Crippen LogP contribution in [0.4, 0.5) is 0 Å². The van der Waals surface area contributed by atoms with Crippen LogP contribution in [0.5, 0.6) is 5.75 Å². The number of fused-ring (bicyclic) bond motifs is 1. The van der Waals surface area contributed by atoms with Gasteiger partial charge in [0.05, 0.1) is 0 Å². The molecule has 3 aromatic carbocycles. The molecule has 0 aliphatic carbocycles. The molecule has 1 N–H and O–H groups in total. The summed E-state index contributed by atoms with van der Waals surface area (Å²) >= 11 is 0. The normalized spacial score (nSPS) is 11.3. The maximum absolute atomic E-state index is 12.0. The molecule has 0 saturated heterocycles. The summed E-state index contributed by atoms with van der Waals surface area (Å²) in [6.45, 7) is 4.18. The highest BCUT2D eigenvalue weighted by Gasteiger charge is 2.10. The van der Waals surface area contributed by atoms with E-state index in [4.69, 9.17) is 4.74 Å². The van der Waals surface area contributed by atoms with Crippen molar-refractivity contribution in [3.63, 3.8) is 0 Å². The number of nitriles is 1. The molecule has 1 amide bonds. The first-order valence-corrected chi connectivity index (χ1v) is 9.19. The average molecular weight is 370 g/mol. The largest absolute Gasteiger partial charge is 0.489 e. The third-order valence-electron chi connectivity index (χ3n) is 4.25. The zero-order valence-electron chi connectivity index (χ0n) is 16.0. The number of carbonyl (C=O) groups is 1. The molecule has 0 aliphatic heterocycles. The maximum atomic E-state index is 12.0. The molecule has 0 fully saturated rings. The third kappa shape index (κ3) is 4.77. The Morgan fingerprint density at radius 3 is 2.50 bits per heavy atom. The van der Waals surface area contributed by atoms with Crippen molar-refractivity contribution in [1.29, 1.82) is 5.26 Å². The molecule has 0 spiro atoms. The second kappa shape index (κ2) is 8.88. The van der Waals surface area contributed by atoms with Crippen LogP contribution in [-0.2, 0) is 11.4 Å². The molecule has 0 aliphatic rings. The minimum Gasteiger partial charge on any atom is -0.489 e. The van der Waals surface area contributed by atoms with Crippen LogP contribution in [0.1, 0.15) is 25.0 Å². The Kier molecular flexibility index (Phi) is 6.08. The molecule has 3 aromatic rings. The van der Waals surface area contributed by atoms with E-state index < -0.39 is 0 Å². The van der Waals surface area contributed by atoms with Crippen molar-refractivity contribution >= 4 is 22.8 Å². The van der Waals surface area contributed by atoms with Gasteiger partial charge in [0.1, 0.15) is 24.0 Å². The van der Waals surface area contributed by atoms with Crippen molar-refractivity contribution in [2.24, 2.45) is 0 Å². The molecule has 4 nitrogen and oxygen atoms in total. The van der Waals surface area contributed by atoms with Crippen LogP contribution in [0.3, 0.4) is 0 Å². The molecule has 4 heteroatoms. The van der Waals surface area contributed by atoms with Crippen LogP contribution in [0.15, 0.2) is 72.3 Å². The molecule has 0 atom stereocenters. The SMILES string of the molecule is CC(C)NC(=O)/C(C#N)=C\c1ccc(OCc2cccc3ccccc23)cc1. The van der Waals surface area contributed by atoms with Gasteiger partial charge in [-0.05, 0) is 54.0 Å². The minimum absolute atomic E-state index is 0.0194. The Morgan fingerprint density at radius 1 is 1.07 bits per heavy atom. The Balaban J connectivity index is 1.70. The van der Waals surface area contributed by atoms with Gasteiger partial charge < -0.3 is 10.1 Å². The smallest absolute Gasteiger partial charge is 0.262 e. The molecular weight excluding hydrogens is 348 g/mol. The lowest BCUT2D eigenvalue weighted by atomic mass is 10.1. The summed E-state index contributed by atoms with van der Waals surface area (Å²) in [7, 11) is 0. The van der Waals surface area contributed by atoms with E-state index in [-0.39, 0.29) is 17.5 Å². The number of hydrogen-bond acceptors (Lipinski definition) is 3. The van der Waals surface area contributed by atoms with Crippen LogP contribution >= 0.6 is 0 Å². The van der Waals surface area contributed by atoms with Crippen LogP contribution in [0, 0.1) is 11.3 Å². The molecule has 28 heavy (non-hydrogen) atoms. The van der Waals surface area contributed by atoms with E-state index in [0.717, 1.165) is 16.9 Å². The van der Waals surface area contributed by atoms with Gasteiger partial charge in [0.15, 0.2) is 0 Å². The highest BCUT2D eigenvalue weighted by Crippen LogP contribution is 2.21. The van der Waals surface area contributed by atoms with E-state index >= 15 is 0 Å². The number of nitrogens with zero attached hydrogens (tertiary/aromatic N) is 1. The molecule has 0 radical (unpaired) electrons. The Hall–Kier alpha value is -3.58. The summed E-state index contributed by atoms with van der Waals surface area (Å²) in [4.78, 5) is 12.0. The monoisotopic (exact) mass is 370 g/mol. The van der Waals surface area contributed by atoms with Crippen molar-refractivity contribution < 1.29 is 9.53 Å². The highest BCUT2D eigenvalue weighted by atomic mass is 16.5. The lowest BCUT2D eigenvalue weighted by Gasteiger charge is -2.10. The van der Waals surface area contributed by atoms with E-state index in [2.05, 4.69) is 29.6 Å². The third-order valence-corrected chi connectivity index (χ3v) is 4.25. The first-order chi connectivity index (χ1) is 13.6. The zero-order chi connectivity index (χ0) is 19.9. The van der Waals surface area contributed by atoms with Crippen molar-refractivity contribution in [2.75, 3.05) is 0 Å². The number of rotatable bonds is 6. The minimum atomic E-state index is -0.367. The van der Waals surface area contributed by atoms with Crippen molar-refractivity contribution in [1.82, 2.24) is 5.32 Å². The number of ether oxygens (including phenoxy) is 1. The zero-order valence-corrected chi connectivity index (χ0v) is 16.0. The van der Waals surface area contributed by atoms with Gasteiger partial charge >= 0.3 is 0 Å². The number of benzene rings is 3. The molecular formula is C24H22N2O2. The van der Waals surface area contributed by atoms with Gasteiger partial charge in [0, 0.05) is 6.04 Å². The van der Waals surface area contributed by atoms with Crippen LogP contribution < -0.4 is 10.1 Å². The standard InChI is InChI=1S/C24H22N2O2/c1-17(2)26-24(27)21(15-25)14-18-10-12-22(13-11-18)28-16-20-8-5-7-19-6-3-4-9-23(19)20/h3-14,17H,16H2,1-2H3,(H,26,27)/b21-14-. The molecule has 3 rings (SSSR count). The topological polar surface area (TPSA) is 62.1 Å². The number of carbonyl (C=O) groups excluding carboxylic acids is 1. The fourth-order valence-electron chi connectivity index (χ4n) is 2.89. The van der Waals surface area contributed by atoms with Gasteiger partial charge in [0.25, 0.3) is 5.91 Å². The number of hydrogen-bond donors (Lipinski definition) is 1. The van der Waals surface area contributed by atoms with E-state index in [1.165, 1.54) is 10.8 Å². The van der Waals surface area contributed by atoms with Crippen molar-refractivity contribution in [3.05, 3.63) is 83.4 Å². The second-order valence-electron chi connectivity index (χ2n) is 6.79. The fraction of sp³-hybridized carbons (Fsp3) is 0.167. The van der Waals surface area contributed by atoms with Gasteiger partial charge in [-0.15, -0.1) is 0 Å². The van der Waals surface area contributed by atoms with Gasteiger partial charge in [-0.2, -0.15) is 5.26 Å². The quantitative estimate of drug-likeness (QED) is 0.498. The predicted octanol–water partition coefficient (Wildman–Crippen LogP) is 4.85. The summed E-state index contributed by atoms with van der Waals surface area (Å²) in [5.41, 5.74) is 1.98. The molecule has 0 bridgehead atoms. The van der Waals surface area contributed by atoms with Crippen LogP contribution in [0.2, 0.25) is 0 Å². The van der Waals surface area contributed by atoms with E-state index in [1.807, 2.05) is 62.4 Å². The first kappa shape index (κ1) is 19.2. The van der Waals surface area contributed by atoms with Crippen molar-refractivity contribution in [2.45, 2.75) is 26.5 Å². The van der Waals surface area contributed by atoms with Gasteiger partial charge in [-0.25, -0.2) is 0 Å². The van der Waals surface area contributed by atoms with Crippen LogP contribution in [0.25, 0.3) is 16.8 Å². The second-order valence-corrected chi connectivity index (χ2v) is 6.79. The number of nitrogens with one attached hydrogen (secondary N) is 1. The van der Waals surface area contributed by atoms with Crippen LogP contribution in [-0.4, -0.2) is 11.9 Å². The van der Waals surface area contributed by atoms with E-state index in [1.54, 1.807) is 6.08 Å². The molecule has 0 aromatic heterocycles. The Morgan fingerprint density at radius 2 is 1.79 bits per heavy atom. The molecule has 0 saturated carbocycles. The lowest BCUT2D eigenvalue weighted by Crippen LogP contribution is -2.30. The Labute approximate surface area is 165 Å². The summed E-state index contributed by atoms with van der Waals surface area (Å²) in [5.74, 6) is 0.365. The van der Waals surface area contributed by atoms with Gasteiger partial charge in [0.2, 0.25) is 0 Å². The predicted molar refractivity (Wildman–Crippen MR) is 112 cm³/mol. The maximum Gasteiger partial charge on any atom is 0.262 e. The summed E-state index contributed by atoms with van der Waals surface area (Å²) in [6, 6.07) is 23.7. The van der Waals surface area contributed by atoms with E-state index in [0.29, 0.717) is 6.61 Å². The molecule has 0 unspecified atom stereocenters. The first-order valence-electron chi connectivity index (χ1n) is 9.19. The average Bonchev–Trinajstić information content (AvgIpc) is 2.70. The van der Waals surface area contributed by atoms with E-state index in [9.17, 15) is 10.1 Å². The summed E-state index contributed by atoms with van der Waals surface area (Å²) in [6.07, 6.45) is 1.58. The Bertz CT molecular complexity index is 1040. The van der Waals surface area contributed by atoms with Crippen molar-refractivity contribution in [3.8, 4) is 11.8 Å². The van der Waals surface area contributed by atoms with Gasteiger partial charge in [-0.3, -0.25) is 4.79 Å². The highest BCUT2D eigenvalue weighted by molar-refractivity contribution is 6.01. The summed E-state index contributed by atoms with van der Waals surface area (Å²) in [5, 5.41) is 14.3. The fourth-order valence-corrected chi connectivity index (χ4v) is 2.89. The lowest BCUT2D eigenvalue weighted by molar-refractivity contribution is -0.117. The van der Waals surface area contributed by atoms with Gasteiger partial charge in [-0.1, -0.05) is 54.6 Å². The number of amides is 1. The summed E-state index contributed by atoms with van der Waals surface area (Å²) < 4.78 is 5.92. The molecule has 0 heterocycles.